The third-order valence-electron chi connectivity index (χ3n) is 5.26. The number of hydrogen-bond acceptors (Lipinski definition) is 0. The molecule has 0 saturated heterocycles. The van der Waals surface area contributed by atoms with Crippen LogP contribution in [0.2, 0.25) is 0 Å². The van der Waals surface area contributed by atoms with Gasteiger partial charge < -0.3 is 0 Å². The number of halogens is 8. The molecule has 8 heteroatoms. The van der Waals surface area contributed by atoms with Gasteiger partial charge in [0.05, 0.1) is 5.56 Å². The van der Waals surface area contributed by atoms with Gasteiger partial charge in [0.2, 0.25) is 0 Å². The van der Waals surface area contributed by atoms with Gasteiger partial charge >= 0.3 is 4.83 Å². The highest BCUT2D eigenvalue weighted by atomic mass is 79.9. The second-order valence-corrected chi connectivity index (χ2v) is 8.77. The number of alkyl halides is 3. The maximum atomic E-state index is 14.8. The highest BCUT2D eigenvalue weighted by Crippen LogP contribution is 2.40. The summed E-state index contributed by atoms with van der Waals surface area (Å²) in [5.41, 5.74) is -2.52. The summed E-state index contributed by atoms with van der Waals surface area (Å²) in [5.74, 6) is -0.572. The maximum Gasteiger partial charge on any atom is 0.332 e. The smallest absolute Gasteiger partial charge is 0.206 e. The summed E-state index contributed by atoms with van der Waals surface area (Å²) in [5, 5.41) is 0. The molecular formula is C26H18BrF7. The average Bonchev–Trinajstić information content (AvgIpc) is 2.70. The second-order valence-electron chi connectivity index (χ2n) is 7.78. The van der Waals surface area contributed by atoms with Crippen molar-refractivity contribution in [3.63, 3.8) is 0 Å². The molecule has 178 valence electrons. The summed E-state index contributed by atoms with van der Waals surface area (Å²) in [4.78, 5) is -4.01. The van der Waals surface area contributed by atoms with E-state index in [2.05, 4.69) is 11.8 Å². The van der Waals surface area contributed by atoms with Crippen LogP contribution in [0.25, 0.3) is 22.3 Å². The summed E-state index contributed by atoms with van der Waals surface area (Å²) in [6.45, 7) is 3.68. The zero-order valence-electron chi connectivity index (χ0n) is 18.1. The van der Waals surface area contributed by atoms with Crippen molar-refractivity contribution in [3.8, 4) is 34.1 Å². The van der Waals surface area contributed by atoms with Crippen molar-refractivity contribution < 1.29 is 30.7 Å². The van der Waals surface area contributed by atoms with Crippen LogP contribution in [-0.2, 0) is 11.3 Å². The van der Waals surface area contributed by atoms with Gasteiger partial charge in [-0.2, -0.15) is 8.78 Å². The monoisotopic (exact) mass is 542 g/mol. The molecule has 34 heavy (non-hydrogen) atoms. The van der Waals surface area contributed by atoms with Crippen molar-refractivity contribution in [2.75, 3.05) is 0 Å². The maximum absolute atomic E-state index is 14.8. The second kappa shape index (κ2) is 10.2. The van der Waals surface area contributed by atoms with Gasteiger partial charge in [0.25, 0.3) is 0 Å². The first kappa shape index (κ1) is 25.8. The molecule has 1 unspecified atom stereocenters. The summed E-state index contributed by atoms with van der Waals surface area (Å²) in [6, 6.07) is 6.76. The lowest BCUT2D eigenvalue weighted by molar-refractivity contribution is 0.105. The molecule has 0 aliphatic carbocycles. The molecule has 0 radical (unpaired) electrons. The van der Waals surface area contributed by atoms with E-state index in [4.69, 9.17) is 0 Å². The molecule has 0 spiro atoms. The molecular weight excluding hydrogens is 525 g/mol. The van der Waals surface area contributed by atoms with Gasteiger partial charge in [-0.15, -0.1) is 11.8 Å². The zero-order chi connectivity index (χ0) is 25.2. The van der Waals surface area contributed by atoms with E-state index in [0.29, 0.717) is 30.5 Å². The SMILES string of the molecule is CC#CC(C)CCc1ccc(-c2cc(F)c(-c3cc(F)c(C(F)(F)Br)c(F)c3)c(F)c2)c(F)c1. The third kappa shape index (κ3) is 5.64. The van der Waals surface area contributed by atoms with Gasteiger partial charge in [-0.3, -0.25) is 0 Å². The van der Waals surface area contributed by atoms with Crippen LogP contribution in [0.1, 0.15) is 31.4 Å². The number of rotatable bonds is 6. The molecule has 0 fully saturated rings. The Kier molecular flexibility index (Phi) is 7.77. The highest BCUT2D eigenvalue weighted by molar-refractivity contribution is 9.09. The minimum Gasteiger partial charge on any atom is -0.206 e. The molecule has 0 N–H and O–H groups in total. The molecule has 1 atom stereocenters. The van der Waals surface area contributed by atoms with E-state index < -0.39 is 50.6 Å². The van der Waals surface area contributed by atoms with E-state index in [1.807, 2.05) is 22.9 Å². The van der Waals surface area contributed by atoms with Crippen LogP contribution in [-0.4, -0.2) is 0 Å². The summed E-state index contributed by atoms with van der Waals surface area (Å²) in [7, 11) is 0. The number of benzene rings is 3. The molecule has 0 nitrogen and oxygen atoms in total. The Bertz CT molecular complexity index is 1240. The van der Waals surface area contributed by atoms with Gasteiger partial charge in [0, 0.05) is 11.5 Å². The van der Waals surface area contributed by atoms with E-state index >= 15 is 0 Å². The van der Waals surface area contributed by atoms with Crippen molar-refractivity contribution in [1.82, 2.24) is 0 Å². The summed E-state index contributed by atoms with van der Waals surface area (Å²) < 4.78 is 99.2. The van der Waals surface area contributed by atoms with Crippen LogP contribution in [0.4, 0.5) is 30.7 Å². The topological polar surface area (TPSA) is 0 Å². The number of aryl methyl sites for hydroxylation is 1. The molecule has 0 heterocycles. The van der Waals surface area contributed by atoms with E-state index in [1.165, 1.54) is 12.1 Å². The van der Waals surface area contributed by atoms with Crippen molar-refractivity contribution in [1.29, 1.82) is 0 Å². The molecule has 3 aromatic carbocycles. The Labute approximate surface area is 200 Å². The molecule has 3 aromatic rings. The summed E-state index contributed by atoms with van der Waals surface area (Å²) >= 11 is 1.87. The predicted molar refractivity (Wildman–Crippen MR) is 121 cm³/mol. The molecule has 0 aliphatic rings. The average molecular weight is 543 g/mol. The molecule has 0 aliphatic heterocycles. The Balaban J connectivity index is 1.96. The quantitative estimate of drug-likeness (QED) is 0.166. The predicted octanol–water partition coefficient (Wildman–Crippen LogP) is 8.75. The normalized spacial score (nSPS) is 12.3. The zero-order valence-corrected chi connectivity index (χ0v) is 19.6. The number of hydrogen-bond donors (Lipinski definition) is 0. The molecule has 3 rings (SSSR count). The van der Waals surface area contributed by atoms with Crippen LogP contribution in [0, 0.1) is 46.8 Å². The van der Waals surface area contributed by atoms with Crippen LogP contribution in [0.5, 0.6) is 0 Å². The fourth-order valence-electron chi connectivity index (χ4n) is 3.64. The third-order valence-corrected chi connectivity index (χ3v) is 5.65. The van der Waals surface area contributed by atoms with Crippen molar-refractivity contribution in [3.05, 3.63) is 82.7 Å². The first-order chi connectivity index (χ1) is 15.9. The lowest BCUT2D eigenvalue weighted by atomic mass is 9.95. The van der Waals surface area contributed by atoms with Crippen molar-refractivity contribution in [2.24, 2.45) is 5.92 Å². The highest BCUT2D eigenvalue weighted by Gasteiger charge is 2.35. The van der Waals surface area contributed by atoms with Crippen LogP contribution >= 0.6 is 15.9 Å². The fraction of sp³-hybridized carbons (Fsp3) is 0.231. The van der Waals surface area contributed by atoms with Gasteiger partial charge in [-0.1, -0.05) is 19.1 Å². The van der Waals surface area contributed by atoms with Gasteiger partial charge in [-0.05, 0) is 82.7 Å². The van der Waals surface area contributed by atoms with Gasteiger partial charge in [-0.25, -0.2) is 22.0 Å². The standard InChI is InChI=1S/C26H18BrF7/c1-3-4-14(2)5-6-15-7-8-18(19(28)9-15)16-10-20(29)24(21(30)11-16)17-12-22(31)25(23(32)13-17)26(27,33)34/h7-14H,5-6H2,1-2H3. The molecule has 0 aromatic heterocycles. The lowest BCUT2D eigenvalue weighted by Gasteiger charge is -2.14. The van der Waals surface area contributed by atoms with E-state index in [-0.39, 0.29) is 17.0 Å². The first-order valence-electron chi connectivity index (χ1n) is 10.2. The van der Waals surface area contributed by atoms with Crippen LogP contribution in [0.3, 0.4) is 0 Å². The van der Waals surface area contributed by atoms with E-state index in [1.54, 1.807) is 13.0 Å². The van der Waals surface area contributed by atoms with Crippen molar-refractivity contribution in [2.45, 2.75) is 31.5 Å². The van der Waals surface area contributed by atoms with E-state index in [0.717, 1.165) is 12.1 Å². The van der Waals surface area contributed by atoms with Crippen LogP contribution < -0.4 is 0 Å². The molecule has 0 bridgehead atoms. The van der Waals surface area contributed by atoms with Gasteiger partial charge in [0.1, 0.15) is 34.6 Å². The molecule has 0 amide bonds. The minimum atomic E-state index is -4.01. The minimum absolute atomic E-state index is 0.0684. The van der Waals surface area contributed by atoms with Crippen molar-refractivity contribution >= 4 is 15.9 Å². The largest absolute Gasteiger partial charge is 0.332 e. The Morgan fingerprint density at radius 2 is 1.38 bits per heavy atom. The fourth-order valence-corrected chi connectivity index (χ4v) is 4.02. The molecule has 0 saturated carbocycles. The Morgan fingerprint density at radius 3 is 1.88 bits per heavy atom. The first-order valence-corrected chi connectivity index (χ1v) is 11.0. The van der Waals surface area contributed by atoms with Crippen LogP contribution in [0.15, 0.2) is 42.5 Å². The Morgan fingerprint density at radius 1 is 0.824 bits per heavy atom. The van der Waals surface area contributed by atoms with Gasteiger partial charge in [0.15, 0.2) is 0 Å². The summed E-state index contributed by atoms with van der Waals surface area (Å²) in [6.07, 6.45) is 1.28. The van der Waals surface area contributed by atoms with E-state index in [9.17, 15) is 30.7 Å². The Hall–Kier alpha value is -2.79. The lowest BCUT2D eigenvalue weighted by Crippen LogP contribution is -2.10.